The quantitative estimate of drug-likeness (QED) is 0.241. The second kappa shape index (κ2) is 16.8. The smallest absolute Gasteiger partial charge is 0.412 e. The number of nitrogens with zero attached hydrogens (tertiary/aromatic N) is 2. The molecule has 256 valence electrons. The van der Waals surface area contributed by atoms with Crippen LogP contribution in [0.25, 0.3) is 11.1 Å². The maximum Gasteiger partial charge on any atom is 0.412 e. The standard InChI is InChI=1S/C37H51N3O7/c1-37(2,3)47-35(43)38-29-15-17-30(18-16-29)40(36(44)45)33-23-26(14-21-32(33)28-10-6-5-7-11-28)9-8-22-39(4)34(42)25-46-31-19-12-27(24-41)13-20-31/h5-7,10-11,14,21,23-24,27,29-31H,8-9,12-13,15-20,22,25H2,1-4H3,(H,38,43)(H,44,45)/t27-,29?,30?,31-. The number of rotatable bonds is 12. The van der Waals surface area contributed by atoms with Gasteiger partial charge in [0.2, 0.25) is 5.91 Å². The maximum absolute atomic E-state index is 12.9. The third-order valence-electron chi connectivity index (χ3n) is 9.13. The lowest BCUT2D eigenvalue weighted by Crippen LogP contribution is -2.47. The number of likely N-dealkylation sites (N-methyl/N-ethyl adjacent to an activating group) is 1. The summed E-state index contributed by atoms with van der Waals surface area (Å²) in [5, 5.41) is 13.5. The third kappa shape index (κ3) is 10.8. The van der Waals surface area contributed by atoms with Gasteiger partial charge in [0.1, 0.15) is 18.5 Å². The van der Waals surface area contributed by atoms with Crippen LogP contribution in [-0.4, -0.2) is 78.4 Å². The molecule has 0 radical (unpaired) electrons. The van der Waals surface area contributed by atoms with Crippen molar-refractivity contribution in [3.05, 3.63) is 54.1 Å². The predicted octanol–water partition coefficient (Wildman–Crippen LogP) is 6.84. The summed E-state index contributed by atoms with van der Waals surface area (Å²) >= 11 is 0. The molecular weight excluding hydrogens is 598 g/mol. The van der Waals surface area contributed by atoms with Gasteiger partial charge in [-0.2, -0.15) is 0 Å². The number of carboxylic acid groups (broad SMARTS) is 1. The Morgan fingerprint density at radius 1 is 0.957 bits per heavy atom. The van der Waals surface area contributed by atoms with E-state index in [-0.39, 0.29) is 36.6 Å². The molecule has 2 aliphatic rings. The lowest BCUT2D eigenvalue weighted by atomic mass is 9.88. The fourth-order valence-electron chi connectivity index (χ4n) is 6.54. The molecular formula is C37H51N3O7. The van der Waals surface area contributed by atoms with Crippen molar-refractivity contribution in [1.82, 2.24) is 10.2 Å². The van der Waals surface area contributed by atoms with Gasteiger partial charge in [-0.3, -0.25) is 9.69 Å². The van der Waals surface area contributed by atoms with Gasteiger partial charge in [0, 0.05) is 37.2 Å². The number of hydrogen-bond acceptors (Lipinski definition) is 6. The Balaban J connectivity index is 1.39. The Bertz CT molecular complexity index is 1340. The zero-order valence-corrected chi connectivity index (χ0v) is 28.3. The van der Waals surface area contributed by atoms with Crippen LogP contribution in [0.5, 0.6) is 0 Å². The Hall–Kier alpha value is -3.92. The van der Waals surface area contributed by atoms with Crippen molar-refractivity contribution in [1.29, 1.82) is 0 Å². The normalized spacial score (nSPS) is 21.4. The van der Waals surface area contributed by atoms with E-state index in [0.717, 1.165) is 48.7 Å². The number of nitrogens with one attached hydrogen (secondary N) is 1. The number of aldehydes is 1. The van der Waals surface area contributed by atoms with E-state index < -0.39 is 17.8 Å². The minimum atomic E-state index is -1.01. The summed E-state index contributed by atoms with van der Waals surface area (Å²) in [5.74, 6) is 0.0395. The molecule has 47 heavy (non-hydrogen) atoms. The summed E-state index contributed by atoms with van der Waals surface area (Å²) in [6.07, 6.45) is 6.74. The first-order valence-corrected chi connectivity index (χ1v) is 16.9. The highest BCUT2D eigenvalue weighted by Gasteiger charge is 2.33. The zero-order valence-electron chi connectivity index (χ0n) is 28.3. The van der Waals surface area contributed by atoms with Gasteiger partial charge in [-0.1, -0.05) is 42.5 Å². The average molecular weight is 650 g/mol. The minimum absolute atomic E-state index is 0.0265. The summed E-state index contributed by atoms with van der Waals surface area (Å²) in [6.45, 7) is 6.06. The third-order valence-corrected chi connectivity index (χ3v) is 9.13. The lowest BCUT2D eigenvalue weighted by Gasteiger charge is -2.36. The molecule has 2 saturated carbocycles. The van der Waals surface area contributed by atoms with E-state index in [4.69, 9.17) is 9.47 Å². The van der Waals surface area contributed by atoms with Gasteiger partial charge in [0.25, 0.3) is 0 Å². The number of amides is 3. The highest BCUT2D eigenvalue weighted by Crippen LogP contribution is 2.37. The van der Waals surface area contributed by atoms with Crippen LogP contribution in [0.1, 0.15) is 84.1 Å². The number of ether oxygens (including phenoxy) is 2. The second-order valence-electron chi connectivity index (χ2n) is 13.9. The number of aryl methyl sites for hydroxylation is 1. The number of benzene rings is 2. The van der Waals surface area contributed by atoms with Gasteiger partial charge in [-0.15, -0.1) is 0 Å². The summed E-state index contributed by atoms with van der Waals surface area (Å²) in [6, 6.07) is 15.5. The Kier molecular flexibility index (Phi) is 12.8. The molecule has 2 fully saturated rings. The van der Waals surface area contributed by atoms with Crippen LogP contribution >= 0.6 is 0 Å². The van der Waals surface area contributed by atoms with Crippen LogP contribution in [-0.2, 0) is 25.5 Å². The minimum Gasteiger partial charge on any atom is -0.465 e. The van der Waals surface area contributed by atoms with Crippen LogP contribution in [0, 0.1) is 5.92 Å². The van der Waals surface area contributed by atoms with Crippen molar-refractivity contribution in [3.8, 4) is 11.1 Å². The van der Waals surface area contributed by atoms with E-state index in [2.05, 4.69) is 5.32 Å². The average Bonchev–Trinajstić information content (AvgIpc) is 3.04. The monoisotopic (exact) mass is 649 g/mol. The van der Waals surface area contributed by atoms with E-state index in [1.54, 1.807) is 11.9 Å². The molecule has 10 heteroatoms. The van der Waals surface area contributed by atoms with Crippen LogP contribution < -0.4 is 10.2 Å². The summed E-state index contributed by atoms with van der Waals surface area (Å²) in [5.41, 5.74) is 2.84. The number of hydrogen-bond donors (Lipinski definition) is 2. The second-order valence-corrected chi connectivity index (χ2v) is 13.9. The van der Waals surface area contributed by atoms with Crippen LogP contribution in [0.3, 0.4) is 0 Å². The van der Waals surface area contributed by atoms with E-state index in [1.807, 2.05) is 69.3 Å². The van der Waals surface area contributed by atoms with Crippen molar-refractivity contribution in [2.24, 2.45) is 5.92 Å². The van der Waals surface area contributed by atoms with E-state index >= 15 is 0 Å². The maximum atomic E-state index is 12.9. The Labute approximate surface area is 278 Å². The van der Waals surface area contributed by atoms with Crippen LogP contribution in [0.4, 0.5) is 15.3 Å². The molecule has 4 rings (SSSR count). The van der Waals surface area contributed by atoms with Crippen LogP contribution in [0.15, 0.2) is 48.5 Å². The van der Waals surface area contributed by atoms with Gasteiger partial charge in [0.05, 0.1) is 11.8 Å². The van der Waals surface area contributed by atoms with Crippen molar-refractivity contribution in [2.45, 2.75) is 109 Å². The summed E-state index contributed by atoms with van der Waals surface area (Å²) in [7, 11) is 1.78. The summed E-state index contributed by atoms with van der Waals surface area (Å²) < 4.78 is 11.3. The van der Waals surface area contributed by atoms with Gasteiger partial charge in [-0.05, 0) is 102 Å². The lowest BCUT2D eigenvalue weighted by molar-refractivity contribution is -0.138. The van der Waals surface area contributed by atoms with Crippen LogP contribution in [0.2, 0.25) is 0 Å². The van der Waals surface area contributed by atoms with Gasteiger partial charge < -0.3 is 29.6 Å². The molecule has 2 aromatic rings. The van der Waals surface area contributed by atoms with E-state index in [0.29, 0.717) is 50.8 Å². The SMILES string of the molecule is CN(CCCc1ccc(-c2ccccc2)c(N(C(=O)O)C2CCC(NC(=O)OC(C)(C)C)CC2)c1)C(=O)CO[C@H]1CC[C@H](C=O)CC1. The first kappa shape index (κ1) is 35.9. The molecule has 0 bridgehead atoms. The fourth-order valence-corrected chi connectivity index (χ4v) is 6.54. The predicted molar refractivity (Wildman–Crippen MR) is 182 cm³/mol. The Morgan fingerprint density at radius 2 is 1.64 bits per heavy atom. The van der Waals surface area contributed by atoms with Crippen molar-refractivity contribution in [3.63, 3.8) is 0 Å². The highest BCUT2D eigenvalue weighted by atomic mass is 16.6. The molecule has 0 aliphatic heterocycles. The molecule has 0 saturated heterocycles. The topological polar surface area (TPSA) is 125 Å². The van der Waals surface area contributed by atoms with E-state index in [9.17, 15) is 24.3 Å². The largest absolute Gasteiger partial charge is 0.465 e. The first-order chi connectivity index (χ1) is 22.4. The molecule has 10 nitrogen and oxygen atoms in total. The van der Waals surface area contributed by atoms with E-state index in [1.165, 1.54) is 4.90 Å². The van der Waals surface area contributed by atoms with Crippen molar-refractivity contribution < 1.29 is 33.8 Å². The highest BCUT2D eigenvalue weighted by molar-refractivity contribution is 5.93. The fraction of sp³-hybridized carbons (Fsp3) is 0.568. The molecule has 2 aromatic carbocycles. The van der Waals surface area contributed by atoms with Gasteiger partial charge in [0.15, 0.2) is 0 Å². The molecule has 0 unspecified atom stereocenters. The Morgan fingerprint density at radius 3 is 2.26 bits per heavy atom. The molecule has 0 atom stereocenters. The molecule has 0 heterocycles. The van der Waals surface area contributed by atoms with Crippen molar-refractivity contribution in [2.75, 3.05) is 25.1 Å². The number of anilines is 1. The van der Waals surface area contributed by atoms with Gasteiger partial charge >= 0.3 is 12.2 Å². The molecule has 0 aromatic heterocycles. The van der Waals surface area contributed by atoms with Gasteiger partial charge in [-0.25, -0.2) is 9.59 Å². The zero-order chi connectivity index (χ0) is 34.0. The number of carbonyl (C=O) groups excluding carboxylic acids is 3. The first-order valence-electron chi connectivity index (χ1n) is 16.9. The molecule has 0 spiro atoms. The van der Waals surface area contributed by atoms with Crippen molar-refractivity contribution >= 4 is 30.1 Å². The molecule has 2 aliphatic carbocycles. The molecule has 3 amide bonds. The number of carbonyl (C=O) groups is 4. The number of alkyl carbamates (subject to hydrolysis) is 1. The molecule has 2 N–H and O–H groups in total. The summed E-state index contributed by atoms with van der Waals surface area (Å²) in [4.78, 5) is 52.1.